The van der Waals surface area contributed by atoms with Gasteiger partial charge in [-0.05, 0) is 81.6 Å². The van der Waals surface area contributed by atoms with E-state index >= 15 is 0 Å². The third-order valence-electron chi connectivity index (χ3n) is 8.66. The van der Waals surface area contributed by atoms with E-state index in [4.69, 9.17) is 4.98 Å². The zero-order chi connectivity index (χ0) is 33.5. The van der Waals surface area contributed by atoms with Crippen LogP contribution in [0.2, 0.25) is 0 Å². The highest BCUT2D eigenvalue weighted by Gasteiger charge is 2.33. The van der Waals surface area contributed by atoms with Crippen LogP contribution in [0, 0.1) is 0 Å². The summed E-state index contributed by atoms with van der Waals surface area (Å²) in [7, 11) is 0. The van der Waals surface area contributed by atoms with Gasteiger partial charge in [0, 0.05) is 30.1 Å². The number of likely N-dealkylation sites (tertiary alicyclic amines) is 1. The van der Waals surface area contributed by atoms with E-state index in [-0.39, 0.29) is 35.0 Å². The largest absolute Gasteiger partial charge is 0.433 e. The molecule has 2 aromatic carbocycles. The molecule has 1 unspecified atom stereocenters. The van der Waals surface area contributed by atoms with E-state index in [1.54, 1.807) is 26.0 Å². The highest BCUT2D eigenvalue weighted by Crippen LogP contribution is 2.39. The van der Waals surface area contributed by atoms with Crippen molar-refractivity contribution in [2.45, 2.75) is 69.7 Å². The minimum atomic E-state index is -4.69. The third-order valence-corrected chi connectivity index (χ3v) is 9.84. The fourth-order valence-electron chi connectivity index (χ4n) is 6.20. The van der Waals surface area contributed by atoms with Crippen LogP contribution in [0.25, 0.3) is 10.2 Å². The van der Waals surface area contributed by atoms with E-state index in [9.17, 15) is 32.7 Å². The van der Waals surface area contributed by atoms with Crippen LogP contribution in [-0.4, -0.2) is 50.8 Å². The molecule has 9 nitrogen and oxygen atoms in total. The smallest absolute Gasteiger partial charge is 0.386 e. The van der Waals surface area contributed by atoms with Crippen LogP contribution in [0.4, 0.5) is 18.9 Å². The lowest BCUT2D eigenvalue weighted by Crippen LogP contribution is -2.39. The molecule has 3 N–H and O–H groups in total. The summed E-state index contributed by atoms with van der Waals surface area (Å²) in [5.41, 5.74) is 0.440. The number of amides is 3. The van der Waals surface area contributed by atoms with Crippen LogP contribution in [0.15, 0.2) is 54.6 Å². The molecule has 47 heavy (non-hydrogen) atoms. The van der Waals surface area contributed by atoms with E-state index in [0.717, 1.165) is 65.4 Å². The summed E-state index contributed by atoms with van der Waals surface area (Å²) in [6, 6.07) is 14.6. The molecule has 13 heteroatoms. The number of thiazole rings is 1. The summed E-state index contributed by atoms with van der Waals surface area (Å²) in [6.45, 7) is 5.57. The van der Waals surface area contributed by atoms with Gasteiger partial charge in [-0.15, -0.1) is 11.3 Å². The number of halogens is 3. The van der Waals surface area contributed by atoms with Gasteiger partial charge in [-0.2, -0.15) is 13.2 Å². The summed E-state index contributed by atoms with van der Waals surface area (Å²) in [6.07, 6.45) is -2.07. The predicted molar refractivity (Wildman–Crippen MR) is 171 cm³/mol. The van der Waals surface area contributed by atoms with Crippen molar-refractivity contribution in [2.24, 2.45) is 0 Å². The number of pyridine rings is 1. The van der Waals surface area contributed by atoms with Crippen LogP contribution in [0.1, 0.15) is 89.2 Å². The molecule has 3 amide bonds. The Morgan fingerprint density at radius 1 is 1.04 bits per heavy atom. The van der Waals surface area contributed by atoms with E-state index in [1.807, 2.05) is 12.1 Å². The van der Waals surface area contributed by atoms with E-state index in [0.29, 0.717) is 23.9 Å². The number of nitrogens with zero attached hydrogens (tertiary/aromatic N) is 3. The van der Waals surface area contributed by atoms with Crippen molar-refractivity contribution in [2.75, 3.05) is 18.4 Å². The van der Waals surface area contributed by atoms with E-state index < -0.39 is 23.4 Å². The molecular weight excluding hydrogens is 631 g/mol. The molecular formula is C34H34F3N5O4S. The van der Waals surface area contributed by atoms with Crippen molar-refractivity contribution in [1.82, 2.24) is 20.2 Å². The van der Waals surface area contributed by atoms with Crippen LogP contribution >= 0.6 is 11.3 Å². The number of carbonyl (C=O) groups excluding carboxylic acids is 3. The second-order valence-electron chi connectivity index (χ2n) is 12.6. The molecule has 246 valence electrons. The minimum Gasteiger partial charge on any atom is -0.386 e. The number of rotatable bonds is 7. The second-order valence-corrected chi connectivity index (χ2v) is 13.7. The van der Waals surface area contributed by atoms with Crippen molar-refractivity contribution in [3.63, 3.8) is 0 Å². The molecule has 0 spiro atoms. The quantitative estimate of drug-likeness (QED) is 0.204. The molecule has 2 fully saturated rings. The number of aliphatic hydroxyl groups is 1. The SMILES string of the molecule is CC(C)(O)c1cc2nc(C3CCN(Cc4cccc(C5CCC(=O)NC5=O)c4)CC3)sc2cc1NC(=O)c1cccc(C(F)(F)F)n1. The lowest BCUT2D eigenvalue weighted by Gasteiger charge is -2.31. The Morgan fingerprint density at radius 3 is 2.49 bits per heavy atom. The van der Waals surface area contributed by atoms with Crippen molar-refractivity contribution in [3.05, 3.63) is 87.7 Å². The minimum absolute atomic E-state index is 0.219. The van der Waals surface area contributed by atoms with Gasteiger partial charge in [-0.1, -0.05) is 30.3 Å². The number of fused-ring (bicyclic) bond motifs is 1. The number of carbonyl (C=O) groups is 3. The Hall–Kier alpha value is -4.20. The summed E-state index contributed by atoms with van der Waals surface area (Å²) in [5.74, 6) is -1.39. The molecule has 0 aliphatic carbocycles. The lowest BCUT2D eigenvalue weighted by molar-refractivity contribution is -0.141. The van der Waals surface area contributed by atoms with Gasteiger partial charge in [-0.25, -0.2) is 9.97 Å². The number of alkyl halides is 3. The monoisotopic (exact) mass is 665 g/mol. The van der Waals surface area contributed by atoms with E-state index in [1.165, 1.54) is 17.4 Å². The molecule has 1 atom stereocenters. The number of piperidine rings is 2. The topological polar surface area (TPSA) is 125 Å². The molecule has 2 aromatic heterocycles. The van der Waals surface area contributed by atoms with Crippen LogP contribution in [0.3, 0.4) is 0 Å². The zero-order valence-corrected chi connectivity index (χ0v) is 26.7. The summed E-state index contributed by atoms with van der Waals surface area (Å²) < 4.78 is 40.3. The molecule has 2 aliphatic rings. The number of nitrogens with one attached hydrogen (secondary N) is 2. The number of hydrogen-bond acceptors (Lipinski definition) is 8. The molecule has 0 radical (unpaired) electrons. The van der Waals surface area contributed by atoms with Crippen molar-refractivity contribution < 1.29 is 32.7 Å². The van der Waals surface area contributed by atoms with Gasteiger partial charge in [0.05, 0.1) is 26.7 Å². The van der Waals surface area contributed by atoms with Gasteiger partial charge < -0.3 is 10.4 Å². The standard InChI is InChI=1S/C34H34F3N5O4S/c1-33(2,46)23-16-26-27(17-25(23)39-31(45)24-7-4-8-28(38-24)34(35,36)37)47-32(40-26)20-11-13-42(14-12-20)18-19-5-3-6-21(15-19)22-9-10-29(43)41-30(22)44/h3-8,15-17,20,22,46H,9-14,18H2,1-2H3,(H,39,45)(H,41,43,44). The van der Waals surface area contributed by atoms with Crippen molar-refractivity contribution in [1.29, 1.82) is 0 Å². The Labute approximate surface area is 273 Å². The predicted octanol–water partition coefficient (Wildman–Crippen LogP) is 6.09. The average molecular weight is 666 g/mol. The number of benzene rings is 2. The zero-order valence-electron chi connectivity index (χ0n) is 25.9. The average Bonchev–Trinajstić information content (AvgIpc) is 3.43. The Morgan fingerprint density at radius 2 is 1.79 bits per heavy atom. The summed E-state index contributed by atoms with van der Waals surface area (Å²) in [4.78, 5) is 47.6. The van der Waals surface area contributed by atoms with Crippen LogP contribution in [-0.2, 0) is 27.9 Å². The van der Waals surface area contributed by atoms with Gasteiger partial charge in [0.1, 0.15) is 11.4 Å². The maximum atomic E-state index is 13.2. The number of aromatic nitrogens is 2. The molecule has 0 bridgehead atoms. The second kappa shape index (κ2) is 12.8. The van der Waals surface area contributed by atoms with Crippen LogP contribution < -0.4 is 10.6 Å². The lowest BCUT2D eigenvalue weighted by atomic mass is 9.89. The first-order valence-electron chi connectivity index (χ1n) is 15.4. The first-order chi connectivity index (χ1) is 22.2. The fourth-order valence-corrected chi connectivity index (χ4v) is 7.35. The molecule has 6 rings (SSSR count). The first kappa shape index (κ1) is 32.7. The van der Waals surface area contributed by atoms with Gasteiger partial charge in [0.2, 0.25) is 11.8 Å². The van der Waals surface area contributed by atoms with Crippen molar-refractivity contribution >= 4 is 45.0 Å². The number of anilines is 1. The number of imide groups is 1. The first-order valence-corrected chi connectivity index (χ1v) is 16.2. The number of hydrogen-bond donors (Lipinski definition) is 3. The molecule has 2 aliphatic heterocycles. The maximum Gasteiger partial charge on any atom is 0.433 e. The fraction of sp³-hybridized carbons (Fsp3) is 0.382. The third kappa shape index (κ3) is 7.37. The van der Waals surface area contributed by atoms with Crippen molar-refractivity contribution in [3.8, 4) is 0 Å². The summed E-state index contributed by atoms with van der Waals surface area (Å²) >= 11 is 1.50. The Balaban J connectivity index is 1.15. The summed E-state index contributed by atoms with van der Waals surface area (Å²) in [5, 5.41) is 16.9. The van der Waals surface area contributed by atoms with Gasteiger partial charge in [0.15, 0.2) is 0 Å². The van der Waals surface area contributed by atoms with E-state index in [2.05, 4.69) is 32.7 Å². The molecule has 0 saturated carbocycles. The Bertz CT molecular complexity index is 1840. The van der Waals surface area contributed by atoms with Gasteiger partial charge >= 0.3 is 6.18 Å². The van der Waals surface area contributed by atoms with Gasteiger partial charge in [0.25, 0.3) is 5.91 Å². The maximum absolute atomic E-state index is 13.2. The highest BCUT2D eigenvalue weighted by molar-refractivity contribution is 7.18. The normalized spacial score (nSPS) is 18.4. The van der Waals surface area contributed by atoms with Crippen LogP contribution in [0.5, 0.6) is 0 Å². The highest BCUT2D eigenvalue weighted by atomic mass is 32.1. The molecule has 4 aromatic rings. The van der Waals surface area contributed by atoms with Gasteiger partial charge in [-0.3, -0.25) is 24.6 Å². The molecule has 4 heterocycles. The Kier molecular flexibility index (Phi) is 8.90. The molecule has 2 saturated heterocycles.